The van der Waals surface area contributed by atoms with E-state index in [1.165, 1.54) is 12.4 Å². The van der Waals surface area contributed by atoms with Gasteiger partial charge in [0.25, 0.3) is 10.0 Å². The molecule has 0 unspecified atom stereocenters. The van der Waals surface area contributed by atoms with E-state index in [1.54, 1.807) is 19.0 Å². The highest BCUT2D eigenvalue weighted by molar-refractivity contribution is 7.92. The maximum absolute atomic E-state index is 12.2. The highest BCUT2D eigenvalue weighted by atomic mass is 32.2. The molecule has 0 radical (unpaired) electrons. The fourth-order valence-electron chi connectivity index (χ4n) is 1.64. The summed E-state index contributed by atoms with van der Waals surface area (Å²) < 4.78 is 66.5. The Morgan fingerprint density at radius 1 is 1.08 bits per heavy atom. The Labute approximate surface area is 136 Å². The summed E-state index contributed by atoms with van der Waals surface area (Å²) >= 11 is 0. The summed E-state index contributed by atoms with van der Waals surface area (Å²) in [5.41, 5.74) is 0.121. The normalized spacial score (nSPS) is 11.9. The largest absolute Gasteiger partial charge is 0.573 e. The minimum atomic E-state index is -4.84. The van der Waals surface area contributed by atoms with Crippen LogP contribution < -0.4 is 14.4 Å². The zero-order valence-electron chi connectivity index (χ0n) is 12.6. The second-order valence-electron chi connectivity index (χ2n) is 4.79. The van der Waals surface area contributed by atoms with Crippen LogP contribution in [0.25, 0.3) is 0 Å². The van der Waals surface area contributed by atoms with Crippen LogP contribution in [0.4, 0.5) is 24.8 Å². The molecule has 0 saturated heterocycles. The monoisotopic (exact) mass is 362 g/mol. The molecule has 1 N–H and O–H groups in total. The van der Waals surface area contributed by atoms with Gasteiger partial charge in [0.05, 0.1) is 23.0 Å². The molecule has 0 saturated carbocycles. The third-order valence-corrected chi connectivity index (χ3v) is 4.06. The molecule has 2 rings (SSSR count). The maximum atomic E-state index is 12.2. The molecule has 1 aromatic carbocycles. The number of halogens is 3. The third kappa shape index (κ3) is 4.72. The minimum absolute atomic E-state index is 0.121. The lowest BCUT2D eigenvalue weighted by atomic mass is 10.3. The molecular formula is C13H13F3N4O3S. The van der Waals surface area contributed by atoms with Crippen LogP contribution in [0, 0.1) is 0 Å². The average molecular weight is 362 g/mol. The van der Waals surface area contributed by atoms with Gasteiger partial charge in [0.2, 0.25) is 5.95 Å². The van der Waals surface area contributed by atoms with Crippen molar-refractivity contribution in [1.82, 2.24) is 9.97 Å². The molecule has 2 aromatic rings. The van der Waals surface area contributed by atoms with Gasteiger partial charge in [-0.25, -0.2) is 18.4 Å². The van der Waals surface area contributed by atoms with Gasteiger partial charge in [-0.2, -0.15) is 0 Å². The molecule has 0 aliphatic heterocycles. The zero-order chi connectivity index (χ0) is 18.0. The van der Waals surface area contributed by atoms with E-state index >= 15 is 0 Å². The minimum Gasteiger partial charge on any atom is -0.406 e. The van der Waals surface area contributed by atoms with Crippen molar-refractivity contribution in [3.8, 4) is 5.75 Å². The third-order valence-electron chi connectivity index (χ3n) is 2.66. The number of nitrogens with zero attached hydrogens (tertiary/aromatic N) is 3. The first-order chi connectivity index (χ1) is 11.1. The van der Waals surface area contributed by atoms with Gasteiger partial charge in [0.1, 0.15) is 5.75 Å². The number of sulfonamides is 1. The van der Waals surface area contributed by atoms with E-state index in [0.717, 1.165) is 24.3 Å². The summed E-state index contributed by atoms with van der Waals surface area (Å²) in [5, 5.41) is 0. The lowest BCUT2D eigenvalue weighted by molar-refractivity contribution is -0.274. The fraction of sp³-hybridized carbons (Fsp3) is 0.231. The van der Waals surface area contributed by atoms with Crippen molar-refractivity contribution in [2.45, 2.75) is 11.3 Å². The quantitative estimate of drug-likeness (QED) is 0.878. The first-order valence-corrected chi connectivity index (χ1v) is 7.93. The van der Waals surface area contributed by atoms with Crippen molar-refractivity contribution < 1.29 is 26.3 Å². The topological polar surface area (TPSA) is 84.4 Å². The highest BCUT2D eigenvalue weighted by Crippen LogP contribution is 2.24. The van der Waals surface area contributed by atoms with Gasteiger partial charge in [0, 0.05) is 14.1 Å². The fourth-order valence-corrected chi connectivity index (χ4v) is 2.67. The van der Waals surface area contributed by atoms with Gasteiger partial charge in [-0.1, -0.05) is 0 Å². The molecule has 0 spiro atoms. The van der Waals surface area contributed by atoms with E-state index in [-0.39, 0.29) is 10.6 Å². The molecule has 0 atom stereocenters. The van der Waals surface area contributed by atoms with Crippen LogP contribution >= 0.6 is 0 Å². The average Bonchev–Trinajstić information content (AvgIpc) is 2.46. The van der Waals surface area contributed by atoms with E-state index in [0.29, 0.717) is 5.95 Å². The lowest BCUT2D eigenvalue weighted by Crippen LogP contribution is -2.17. The van der Waals surface area contributed by atoms with Crippen LogP contribution in [0.2, 0.25) is 0 Å². The molecule has 0 aliphatic rings. The number of benzene rings is 1. The van der Waals surface area contributed by atoms with Crippen molar-refractivity contribution in [1.29, 1.82) is 0 Å². The van der Waals surface area contributed by atoms with Crippen LogP contribution in [0.15, 0.2) is 41.6 Å². The number of aromatic nitrogens is 2. The molecule has 1 heterocycles. The van der Waals surface area contributed by atoms with Crippen molar-refractivity contribution in [3.05, 3.63) is 36.7 Å². The Morgan fingerprint density at radius 2 is 1.62 bits per heavy atom. The number of nitrogens with one attached hydrogen (secondary N) is 1. The van der Waals surface area contributed by atoms with Crippen molar-refractivity contribution in [2.24, 2.45) is 0 Å². The van der Waals surface area contributed by atoms with Crippen LogP contribution in [0.1, 0.15) is 0 Å². The second-order valence-corrected chi connectivity index (χ2v) is 6.47. The van der Waals surface area contributed by atoms with E-state index in [4.69, 9.17) is 0 Å². The molecule has 7 nitrogen and oxygen atoms in total. The smallest absolute Gasteiger partial charge is 0.406 e. The molecule has 1 aromatic heterocycles. The molecule has 0 aliphatic carbocycles. The number of rotatable bonds is 5. The first-order valence-electron chi connectivity index (χ1n) is 6.45. The molecule has 0 amide bonds. The number of hydrogen-bond acceptors (Lipinski definition) is 6. The molecule has 24 heavy (non-hydrogen) atoms. The molecular weight excluding hydrogens is 349 g/mol. The highest BCUT2D eigenvalue weighted by Gasteiger charge is 2.31. The number of alkyl halides is 3. The standard InChI is InChI=1S/C13H13F3N4O3S/c1-20(2)12-17-7-9(8-18-12)19-24(21,22)11-5-3-10(4-6-11)23-13(14,15)16/h3-8,19H,1-2H3. The van der Waals surface area contributed by atoms with E-state index in [9.17, 15) is 21.6 Å². The van der Waals surface area contributed by atoms with E-state index < -0.39 is 22.1 Å². The predicted molar refractivity (Wildman–Crippen MR) is 80.3 cm³/mol. The number of anilines is 2. The summed E-state index contributed by atoms with van der Waals surface area (Å²) in [5.74, 6) is -0.119. The number of ether oxygens (including phenoxy) is 1. The molecule has 0 bridgehead atoms. The Hall–Kier alpha value is -2.56. The van der Waals surface area contributed by atoms with Gasteiger partial charge in [-0.05, 0) is 24.3 Å². The van der Waals surface area contributed by atoms with Crippen LogP contribution in [-0.2, 0) is 10.0 Å². The van der Waals surface area contributed by atoms with Crippen molar-refractivity contribution in [3.63, 3.8) is 0 Å². The Bertz CT molecular complexity index is 791. The number of hydrogen-bond donors (Lipinski definition) is 1. The van der Waals surface area contributed by atoms with Crippen LogP contribution in [0.3, 0.4) is 0 Å². The summed E-state index contributed by atoms with van der Waals surface area (Å²) in [6.45, 7) is 0. The Morgan fingerprint density at radius 3 is 2.08 bits per heavy atom. The molecule has 0 fully saturated rings. The maximum Gasteiger partial charge on any atom is 0.573 e. The van der Waals surface area contributed by atoms with Crippen LogP contribution in [-0.4, -0.2) is 38.8 Å². The van der Waals surface area contributed by atoms with Gasteiger partial charge < -0.3 is 9.64 Å². The second kappa shape index (κ2) is 6.51. The Kier molecular flexibility index (Phi) is 4.83. The van der Waals surface area contributed by atoms with Gasteiger partial charge in [-0.3, -0.25) is 4.72 Å². The summed E-state index contributed by atoms with van der Waals surface area (Å²) in [6.07, 6.45) is -2.29. The summed E-state index contributed by atoms with van der Waals surface area (Å²) in [6, 6.07) is 3.82. The first kappa shape index (κ1) is 17.8. The van der Waals surface area contributed by atoms with Gasteiger partial charge >= 0.3 is 6.36 Å². The lowest BCUT2D eigenvalue weighted by Gasteiger charge is -2.12. The summed E-state index contributed by atoms with van der Waals surface area (Å²) in [4.78, 5) is 9.32. The van der Waals surface area contributed by atoms with E-state index in [1.807, 2.05) is 0 Å². The molecule has 11 heteroatoms. The Balaban J connectivity index is 2.15. The van der Waals surface area contributed by atoms with Crippen LogP contribution in [0.5, 0.6) is 5.75 Å². The molecule has 130 valence electrons. The predicted octanol–water partition coefficient (Wildman–Crippen LogP) is 2.24. The summed E-state index contributed by atoms with van der Waals surface area (Å²) in [7, 11) is -0.535. The van der Waals surface area contributed by atoms with Crippen molar-refractivity contribution in [2.75, 3.05) is 23.7 Å². The van der Waals surface area contributed by atoms with E-state index in [2.05, 4.69) is 19.4 Å². The van der Waals surface area contributed by atoms with Gasteiger partial charge in [0.15, 0.2) is 0 Å². The zero-order valence-corrected chi connectivity index (χ0v) is 13.4. The SMILES string of the molecule is CN(C)c1ncc(NS(=O)(=O)c2ccc(OC(F)(F)F)cc2)cn1. The van der Waals surface area contributed by atoms with Crippen molar-refractivity contribution >= 4 is 21.7 Å². The van der Waals surface area contributed by atoms with Gasteiger partial charge in [-0.15, -0.1) is 13.2 Å².